The van der Waals surface area contributed by atoms with Gasteiger partial charge in [0, 0.05) is 17.6 Å². The van der Waals surface area contributed by atoms with E-state index in [2.05, 4.69) is 36.4 Å². The van der Waals surface area contributed by atoms with E-state index >= 15 is 0 Å². The summed E-state index contributed by atoms with van der Waals surface area (Å²) < 4.78 is 17.6. The van der Waals surface area contributed by atoms with Crippen molar-refractivity contribution in [2.45, 2.75) is 11.8 Å². The van der Waals surface area contributed by atoms with Crippen LogP contribution in [0.3, 0.4) is 0 Å². The highest BCUT2D eigenvalue weighted by atomic mass is 16.7. The standard InChI is InChI=1S/C20H11NO3/c1-2-10-7-15-13-6-11-8-22-9-23-18(11)19-20(13,12-4-5-14(12)21-15)17(10)16(3-1)24-19/h1-6,8H,7,9H2. The monoisotopic (exact) mass is 313 g/mol. The molecule has 0 radical (unpaired) electrons. The van der Waals surface area contributed by atoms with Crippen LogP contribution in [0.5, 0.6) is 5.75 Å². The lowest BCUT2D eigenvalue weighted by Crippen LogP contribution is -2.45. The second-order valence-electron chi connectivity index (χ2n) is 6.73. The van der Waals surface area contributed by atoms with Gasteiger partial charge in [0.15, 0.2) is 11.5 Å². The molecular weight excluding hydrogens is 302 g/mol. The van der Waals surface area contributed by atoms with Crippen LogP contribution in [-0.2, 0) is 21.3 Å². The van der Waals surface area contributed by atoms with Crippen LogP contribution in [0.4, 0.5) is 0 Å². The fraction of sp³-hybridized carbons (Fsp3) is 0.150. The Labute approximate surface area is 137 Å². The smallest absolute Gasteiger partial charge is 0.230 e. The molecule has 6 aliphatic rings. The number of ether oxygens (including phenoxy) is 3. The van der Waals surface area contributed by atoms with Crippen LogP contribution < -0.4 is 4.74 Å². The number of aliphatic imine (C=N–C) groups is 1. The van der Waals surface area contributed by atoms with Crippen molar-refractivity contribution in [2.75, 3.05) is 6.79 Å². The van der Waals surface area contributed by atoms with Gasteiger partial charge in [-0.3, -0.25) is 4.99 Å². The van der Waals surface area contributed by atoms with Gasteiger partial charge in [-0.2, -0.15) is 0 Å². The molecule has 0 saturated heterocycles. The molecule has 3 heterocycles. The molecule has 2 bridgehead atoms. The summed E-state index contributed by atoms with van der Waals surface area (Å²) in [5, 5.41) is 0. The van der Waals surface area contributed by atoms with Gasteiger partial charge >= 0.3 is 0 Å². The summed E-state index contributed by atoms with van der Waals surface area (Å²) in [6.45, 7) is 0.219. The Hall–Kier alpha value is -3.01. The maximum atomic E-state index is 6.40. The molecule has 7 rings (SSSR count). The summed E-state index contributed by atoms with van der Waals surface area (Å²) in [6, 6.07) is 6.30. The Morgan fingerprint density at radius 2 is 2.17 bits per heavy atom. The van der Waals surface area contributed by atoms with Crippen LogP contribution in [0, 0.1) is 0 Å². The normalized spacial score (nSPS) is 29.1. The van der Waals surface area contributed by atoms with Crippen molar-refractivity contribution in [3.63, 3.8) is 0 Å². The Bertz CT molecular complexity index is 1080. The third-order valence-corrected chi connectivity index (χ3v) is 5.71. The molecule has 4 heteroatoms. The predicted octanol–water partition coefficient (Wildman–Crippen LogP) is 3.19. The van der Waals surface area contributed by atoms with Gasteiger partial charge in [0.25, 0.3) is 0 Å². The van der Waals surface area contributed by atoms with Gasteiger partial charge < -0.3 is 14.2 Å². The summed E-state index contributed by atoms with van der Waals surface area (Å²) in [4.78, 5) is 4.90. The fourth-order valence-corrected chi connectivity index (χ4v) is 4.80. The molecule has 1 spiro atoms. The van der Waals surface area contributed by atoms with E-state index in [1.54, 1.807) is 6.26 Å². The maximum absolute atomic E-state index is 6.40. The van der Waals surface area contributed by atoms with Crippen LogP contribution in [0.2, 0.25) is 0 Å². The van der Waals surface area contributed by atoms with E-state index in [0.717, 1.165) is 40.7 Å². The molecule has 24 heavy (non-hydrogen) atoms. The lowest BCUT2D eigenvalue weighted by molar-refractivity contribution is 0.0102. The first-order valence-corrected chi connectivity index (χ1v) is 8.10. The van der Waals surface area contributed by atoms with Crippen LogP contribution in [-0.4, -0.2) is 12.5 Å². The van der Waals surface area contributed by atoms with E-state index in [-0.39, 0.29) is 12.2 Å². The quantitative estimate of drug-likeness (QED) is 0.738. The molecule has 1 aromatic carbocycles. The number of allylic oxidation sites excluding steroid dienone is 4. The van der Waals surface area contributed by atoms with E-state index in [1.807, 2.05) is 0 Å². The van der Waals surface area contributed by atoms with Gasteiger partial charge in [-0.15, -0.1) is 0 Å². The van der Waals surface area contributed by atoms with E-state index in [4.69, 9.17) is 19.2 Å². The lowest BCUT2D eigenvalue weighted by Gasteiger charge is -2.46. The molecule has 0 N–H and O–H groups in total. The SMILES string of the molecule is C1=CC2=C1N=C1Cc3cccc4c3C23C1=CC1=COCOC1=C3O4. The third kappa shape index (κ3) is 0.985. The van der Waals surface area contributed by atoms with Crippen molar-refractivity contribution in [3.8, 4) is 5.75 Å². The largest absolute Gasteiger partial charge is 0.464 e. The summed E-state index contributed by atoms with van der Waals surface area (Å²) in [7, 11) is 0. The minimum Gasteiger partial charge on any atom is -0.464 e. The molecule has 114 valence electrons. The molecule has 0 fully saturated rings. The molecular formula is C20H11NO3. The van der Waals surface area contributed by atoms with Crippen molar-refractivity contribution in [3.05, 3.63) is 87.8 Å². The minimum atomic E-state index is -0.380. The van der Waals surface area contributed by atoms with Crippen molar-refractivity contribution in [2.24, 2.45) is 4.99 Å². The number of fused-ring (bicyclic) bond motifs is 1. The number of benzene rings is 1. The van der Waals surface area contributed by atoms with Crippen LogP contribution in [0.15, 0.2) is 81.6 Å². The van der Waals surface area contributed by atoms with Crippen molar-refractivity contribution in [1.29, 1.82) is 0 Å². The zero-order valence-electron chi connectivity index (χ0n) is 12.6. The number of rotatable bonds is 0. The minimum absolute atomic E-state index is 0.219. The molecule has 4 nitrogen and oxygen atoms in total. The highest BCUT2D eigenvalue weighted by molar-refractivity contribution is 6.12. The maximum Gasteiger partial charge on any atom is 0.230 e. The first kappa shape index (κ1) is 11.5. The van der Waals surface area contributed by atoms with Gasteiger partial charge in [-0.1, -0.05) is 18.2 Å². The van der Waals surface area contributed by atoms with Crippen LogP contribution >= 0.6 is 0 Å². The first-order valence-electron chi connectivity index (χ1n) is 8.10. The lowest BCUT2D eigenvalue weighted by atomic mass is 9.56. The van der Waals surface area contributed by atoms with Gasteiger partial charge in [-0.25, -0.2) is 0 Å². The highest BCUT2D eigenvalue weighted by Gasteiger charge is 2.61. The molecule has 1 atom stereocenters. The Morgan fingerprint density at radius 3 is 3.08 bits per heavy atom. The fourth-order valence-electron chi connectivity index (χ4n) is 4.80. The first-order chi connectivity index (χ1) is 11.9. The molecule has 1 aromatic rings. The Morgan fingerprint density at radius 1 is 1.17 bits per heavy atom. The van der Waals surface area contributed by atoms with E-state index in [0.29, 0.717) is 0 Å². The Balaban J connectivity index is 1.71. The third-order valence-electron chi connectivity index (χ3n) is 5.71. The highest BCUT2D eigenvalue weighted by Crippen LogP contribution is 2.64. The summed E-state index contributed by atoms with van der Waals surface area (Å²) in [6.07, 6.45) is 9.02. The Kier molecular flexibility index (Phi) is 1.64. The van der Waals surface area contributed by atoms with Gasteiger partial charge in [-0.05, 0) is 29.4 Å². The molecule has 0 saturated carbocycles. The van der Waals surface area contributed by atoms with Crippen molar-refractivity contribution in [1.82, 2.24) is 0 Å². The topological polar surface area (TPSA) is 40.0 Å². The predicted molar refractivity (Wildman–Crippen MR) is 86.3 cm³/mol. The molecule has 3 aliphatic heterocycles. The van der Waals surface area contributed by atoms with Gasteiger partial charge in [0.05, 0.1) is 23.2 Å². The summed E-state index contributed by atoms with van der Waals surface area (Å²) in [5.41, 5.74) is 7.74. The average Bonchev–Trinajstić information content (AvgIpc) is 2.92. The number of hydrogen-bond acceptors (Lipinski definition) is 4. The summed E-state index contributed by atoms with van der Waals surface area (Å²) in [5.74, 6) is 2.61. The van der Waals surface area contributed by atoms with E-state index in [1.165, 1.54) is 22.3 Å². The average molecular weight is 313 g/mol. The number of hydrogen-bond donors (Lipinski definition) is 0. The number of nitrogens with zero attached hydrogens (tertiary/aromatic N) is 1. The zero-order chi connectivity index (χ0) is 15.5. The zero-order valence-corrected chi connectivity index (χ0v) is 12.6. The van der Waals surface area contributed by atoms with E-state index < -0.39 is 0 Å². The molecule has 3 aliphatic carbocycles. The van der Waals surface area contributed by atoms with E-state index in [9.17, 15) is 0 Å². The van der Waals surface area contributed by atoms with Crippen molar-refractivity contribution >= 4 is 5.71 Å². The van der Waals surface area contributed by atoms with Crippen LogP contribution in [0.1, 0.15) is 11.1 Å². The second kappa shape index (κ2) is 3.41. The van der Waals surface area contributed by atoms with Gasteiger partial charge in [0.2, 0.25) is 6.79 Å². The summed E-state index contributed by atoms with van der Waals surface area (Å²) >= 11 is 0. The molecule has 0 amide bonds. The van der Waals surface area contributed by atoms with Crippen molar-refractivity contribution < 1.29 is 14.2 Å². The van der Waals surface area contributed by atoms with Gasteiger partial charge in [0.1, 0.15) is 11.2 Å². The molecule has 0 aromatic heterocycles. The van der Waals surface area contributed by atoms with Crippen LogP contribution in [0.25, 0.3) is 0 Å². The second-order valence-corrected chi connectivity index (χ2v) is 6.73. The molecule has 1 unspecified atom stereocenters.